The Morgan fingerprint density at radius 1 is 0.520 bits per heavy atom. The monoisotopic (exact) mass is 639 g/mol. The number of benzene rings is 7. The van der Waals surface area contributed by atoms with Gasteiger partial charge in [0.25, 0.3) is 0 Å². The van der Waals surface area contributed by atoms with Crippen molar-refractivity contribution >= 4 is 27.8 Å². The molecule has 4 aliphatic carbocycles. The van der Waals surface area contributed by atoms with Crippen molar-refractivity contribution in [2.24, 2.45) is 11.8 Å². The van der Waals surface area contributed by atoms with E-state index in [1.807, 2.05) is 0 Å². The van der Waals surface area contributed by atoms with Gasteiger partial charge in [-0.15, -0.1) is 0 Å². The summed E-state index contributed by atoms with van der Waals surface area (Å²) in [6.45, 7) is 2.48. The van der Waals surface area contributed by atoms with E-state index in [9.17, 15) is 0 Å². The lowest BCUT2D eigenvalue weighted by molar-refractivity contribution is 0.327. The number of nitrogens with zero attached hydrogens (tertiary/aromatic N) is 1. The van der Waals surface area contributed by atoms with Gasteiger partial charge in [-0.25, -0.2) is 0 Å². The zero-order valence-corrected chi connectivity index (χ0v) is 28.3. The molecule has 1 heterocycles. The molecule has 7 aromatic rings. The first-order valence-corrected chi connectivity index (χ1v) is 18.5. The van der Waals surface area contributed by atoms with E-state index in [-0.39, 0.29) is 10.8 Å². The molecule has 2 fully saturated rings. The van der Waals surface area contributed by atoms with Gasteiger partial charge >= 0.3 is 0 Å². The van der Waals surface area contributed by atoms with Crippen LogP contribution in [0.3, 0.4) is 0 Å². The number of anilines is 3. The third-order valence-electron chi connectivity index (χ3n) is 13.7. The molecule has 0 radical (unpaired) electrons. The van der Waals surface area contributed by atoms with Gasteiger partial charge in [0.1, 0.15) is 0 Å². The first kappa shape index (κ1) is 27.4. The SMILES string of the molecule is CC12c3ccccc3-c3cccc(c31)N(c1ccc3c(c1)C1(CC4CCC1C4)c1ccccc1-3)c1ccc(-c3ccc4ccccc4c3)cc12. The fraction of sp³-hybridized carbons (Fsp3) is 0.184. The van der Waals surface area contributed by atoms with Gasteiger partial charge in [0.05, 0.1) is 11.4 Å². The standard InChI is InChI=1S/C49H37N/c1-48-41-14-6-4-12-38(41)40-13-8-16-46(47(40)48)50(45-24-20-34(27-44(45)48)33-19-18-31-9-2-3-10-32(31)26-33)36-22-23-39-37-11-5-7-15-42(37)49(43(39)28-36)29-30-17-21-35(49)25-30/h2-16,18-20,22-24,26-28,30,35H,17,21,25,29H2,1H3. The highest BCUT2D eigenvalue weighted by atomic mass is 15.2. The molecule has 1 heteroatoms. The van der Waals surface area contributed by atoms with Crippen LogP contribution < -0.4 is 4.90 Å². The highest BCUT2D eigenvalue weighted by Gasteiger charge is 2.57. The summed E-state index contributed by atoms with van der Waals surface area (Å²) >= 11 is 0. The van der Waals surface area contributed by atoms with Crippen LogP contribution in [0.1, 0.15) is 60.4 Å². The van der Waals surface area contributed by atoms with Crippen LogP contribution in [0.5, 0.6) is 0 Å². The lowest BCUT2D eigenvalue weighted by Gasteiger charge is -2.43. The molecule has 4 unspecified atom stereocenters. The summed E-state index contributed by atoms with van der Waals surface area (Å²) in [5, 5.41) is 2.56. The van der Waals surface area contributed by atoms with E-state index in [0.29, 0.717) is 0 Å². The molecule has 1 aliphatic heterocycles. The Balaban J connectivity index is 1.11. The van der Waals surface area contributed by atoms with Crippen LogP contribution in [0.2, 0.25) is 0 Å². The molecule has 238 valence electrons. The van der Waals surface area contributed by atoms with Crippen molar-refractivity contribution in [3.63, 3.8) is 0 Å². The molecule has 2 saturated carbocycles. The Kier molecular flexibility index (Phi) is 5.17. The van der Waals surface area contributed by atoms with Crippen molar-refractivity contribution in [1.29, 1.82) is 0 Å². The van der Waals surface area contributed by atoms with Crippen LogP contribution in [0, 0.1) is 11.8 Å². The largest absolute Gasteiger partial charge is 0.310 e. The fourth-order valence-electron chi connectivity index (χ4n) is 11.6. The lowest BCUT2D eigenvalue weighted by Crippen LogP contribution is -2.33. The van der Waals surface area contributed by atoms with E-state index >= 15 is 0 Å². The topological polar surface area (TPSA) is 3.24 Å². The molecule has 0 saturated heterocycles. The van der Waals surface area contributed by atoms with Crippen molar-refractivity contribution < 1.29 is 0 Å². The number of rotatable bonds is 2. The average molecular weight is 640 g/mol. The highest BCUT2D eigenvalue weighted by molar-refractivity contribution is 5.99. The Bertz CT molecular complexity index is 2610. The molecule has 12 rings (SSSR count). The van der Waals surface area contributed by atoms with E-state index in [2.05, 4.69) is 157 Å². The average Bonchev–Trinajstić information content (AvgIpc) is 3.92. The Morgan fingerprint density at radius 3 is 2.08 bits per heavy atom. The predicted molar refractivity (Wildman–Crippen MR) is 207 cm³/mol. The van der Waals surface area contributed by atoms with Crippen LogP contribution in [0.25, 0.3) is 44.2 Å². The number of hydrogen-bond acceptors (Lipinski definition) is 1. The van der Waals surface area contributed by atoms with Gasteiger partial charge in [-0.3, -0.25) is 0 Å². The molecule has 1 spiro atoms. The summed E-state index contributed by atoms with van der Waals surface area (Å²) in [4.78, 5) is 2.61. The zero-order valence-electron chi connectivity index (χ0n) is 28.3. The van der Waals surface area contributed by atoms with Crippen molar-refractivity contribution in [3.05, 3.63) is 173 Å². The summed E-state index contributed by atoms with van der Waals surface area (Å²) in [6.07, 6.45) is 5.43. The minimum Gasteiger partial charge on any atom is -0.310 e. The summed E-state index contributed by atoms with van der Waals surface area (Å²) < 4.78 is 0. The summed E-state index contributed by atoms with van der Waals surface area (Å²) in [5.74, 6) is 1.59. The molecule has 1 nitrogen and oxygen atoms in total. The minimum absolute atomic E-state index is 0.146. The molecule has 0 amide bonds. The smallest absolute Gasteiger partial charge is 0.0512 e. The maximum absolute atomic E-state index is 2.61. The first-order valence-electron chi connectivity index (χ1n) is 18.5. The van der Waals surface area contributed by atoms with Crippen LogP contribution in [-0.4, -0.2) is 0 Å². The Hall–Kier alpha value is -5.40. The van der Waals surface area contributed by atoms with Crippen LogP contribution in [-0.2, 0) is 10.8 Å². The molecular weight excluding hydrogens is 603 g/mol. The van der Waals surface area contributed by atoms with Crippen molar-refractivity contribution in [2.45, 2.75) is 43.4 Å². The van der Waals surface area contributed by atoms with Gasteiger partial charge in [0.2, 0.25) is 0 Å². The first-order chi connectivity index (χ1) is 24.6. The molecule has 5 aliphatic rings. The van der Waals surface area contributed by atoms with E-state index < -0.39 is 0 Å². The van der Waals surface area contributed by atoms with Gasteiger partial charge in [-0.05, 0) is 146 Å². The minimum atomic E-state index is -0.264. The molecule has 4 atom stereocenters. The van der Waals surface area contributed by atoms with Gasteiger partial charge in [-0.2, -0.15) is 0 Å². The Labute approximate surface area is 293 Å². The van der Waals surface area contributed by atoms with Gasteiger partial charge in [0.15, 0.2) is 0 Å². The third-order valence-corrected chi connectivity index (χ3v) is 13.7. The second-order valence-electron chi connectivity index (χ2n) is 15.8. The molecule has 50 heavy (non-hydrogen) atoms. The van der Waals surface area contributed by atoms with Gasteiger partial charge in [0, 0.05) is 16.5 Å². The summed E-state index contributed by atoms with van der Waals surface area (Å²) in [6, 6.07) is 55.8. The quantitative estimate of drug-likeness (QED) is 0.182. The second-order valence-corrected chi connectivity index (χ2v) is 15.8. The molecular formula is C49H37N. The molecule has 2 bridgehead atoms. The lowest BCUT2D eigenvalue weighted by atomic mass is 9.66. The van der Waals surface area contributed by atoms with Gasteiger partial charge in [-0.1, -0.05) is 116 Å². The summed E-state index contributed by atoms with van der Waals surface area (Å²) in [7, 11) is 0. The van der Waals surface area contributed by atoms with E-state index in [1.165, 1.54) is 104 Å². The van der Waals surface area contributed by atoms with Crippen LogP contribution in [0.4, 0.5) is 17.1 Å². The van der Waals surface area contributed by atoms with Crippen molar-refractivity contribution in [1.82, 2.24) is 0 Å². The maximum atomic E-state index is 2.61. The summed E-state index contributed by atoms with van der Waals surface area (Å²) in [5.41, 5.74) is 19.3. The van der Waals surface area contributed by atoms with Gasteiger partial charge < -0.3 is 4.90 Å². The highest BCUT2D eigenvalue weighted by Crippen LogP contribution is 2.67. The van der Waals surface area contributed by atoms with Crippen molar-refractivity contribution in [3.8, 4) is 33.4 Å². The normalized spacial score (nSPS) is 24.3. The Morgan fingerprint density at radius 2 is 1.24 bits per heavy atom. The van der Waals surface area contributed by atoms with Crippen LogP contribution >= 0.6 is 0 Å². The molecule has 7 aromatic carbocycles. The van der Waals surface area contributed by atoms with E-state index in [4.69, 9.17) is 0 Å². The fourth-order valence-corrected chi connectivity index (χ4v) is 11.6. The predicted octanol–water partition coefficient (Wildman–Crippen LogP) is 12.7. The van der Waals surface area contributed by atoms with E-state index in [0.717, 1.165) is 11.8 Å². The number of fused-ring (bicyclic) bond motifs is 14. The second kappa shape index (κ2) is 9.43. The number of hydrogen-bond donors (Lipinski definition) is 0. The molecule has 0 aromatic heterocycles. The van der Waals surface area contributed by atoms with Crippen LogP contribution in [0.15, 0.2) is 146 Å². The van der Waals surface area contributed by atoms with Crippen molar-refractivity contribution in [2.75, 3.05) is 4.90 Å². The maximum Gasteiger partial charge on any atom is 0.0512 e. The molecule has 0 N–H and O–H groups in total. The third kappa shape index (κ3) is 3.25. The zero-order chi connectivity index (χ0) is 32.8. The van der Waals surface area contributed by atoms with E-state index in [1.54, 1.807) is 11.1 Å².